The summed E-state index contributed by atoms with van der Waals surface area (Å²) in [6.45, 7) is 3.37. The Morgan fingerprint density at radius 3 is 2.52 bits per heavy atom. The van der Waals surface area contributed by atoms with Gasteiger partial charge in [-0.1, -0.05) is 13.3 Å². The Bertz CT molecular complexity index is 420. The molecule has 118 valence electrons. The van der Waals surface area contributed by atoms with Crippen LogP contribution in [0.5, 0.6) is 0 Å². The number of likely N-dealkylation sites (tertiary alicyclic amines) is 1. The summed E-state index contributed by atoms with van der Waals surface area (Å²) in [5.41, 5.74) is -0.681. The molecular weight excluding hydrogens is 274 g/mol. The Hall–Kier alpha value is -1.63. The summed E-state index contributed by atoms with van der Waals surface area (Å²) in [4.78, 5) is 36.7. The third-order valence-electron chi connectivity index (χ3n) is 4.52. The van der Waals surface area contributed by atoms with Crippen LogP contribution >= 0.6 is 0 Å². The van der Waals surface area contributed by atoms with Gasteiger partial charge in [-0.2, -0.15) is 0 Å². The molecule has 0 saturated carbocycles. The van der Waals surface area contributed by atoms with E-state index in [1.54, 1.807) is 4.90 Å². The fourth-order valence-electron chi connectivity index (χ4n) is 3.17. The molecule has 0 aromatic rings. The monoisotopic (exact) mass is 297 g/mol. The third kappa shape index (κ3) is 3.34. The maximum Gasteiger partial charge on any atom is 0.309 e. The van der Waals surface area contributed by atoms with Crippen LogP contribution in [0.1, 0.15) is 32.6 Å². The Balaban J connectivity index is 1.92. The van der Waals surface area contributed by atoms with Crippen molar-refractivity contribution in [2.75, 3.05) is 26.2 Å². The summed E-state index contributed by atoms with van der Waals surface area (Å²) in [5.74, 6) is -0.907. The van der Waals surface area contributed by atoms with Crippen molar-refractivity contribution >= 4 is 17.8 Å². The zero-order valence-electron chi connectivity index (χ0n) is 12.4. The van der Waals surface area contributed by atoms with Crippen LogP contribution in [0, 0.1) is 5.41 Å². The number of nitrogens with zero attached hydrogens (tertiary/aromatic N) is 1. The van der Waals surface area contributed by atoms with E-state index in [4.69, 9.17) is 0 Å². The molecule has 2 aliphatic heterocycles. The number of hydrogen-bond donors (Lipinski definition) is 3. The first-order valence-electron chi connectivity index (χ1n) is 7.51. The van der Waals surface area contributed by atoms with Crippen molar-refractivity contribution in [3.63, 3.8) is 0 Å². The number of piperazine rings is 1. The Morgan fingerprint density at radius 2 is 2.05 bits per heavy atom. The summed E-state index contributed by atoms with van der Waals surface area (Å²) in [7, 11) is 0. The largest absolute Gasteiger partial charge is 0.481 e. The van der Waals surface area contributed by atoms with E-state index in [1.807, 2.05) is 6.92 Å². The number of carbonyl (C=O) groups excluding carboxylic acids is 2. The van der Waals surface area contributed by atoms with Gasteiger partial charge in [0, 0.05) is 19.6 Å². The van der Waals surface area contributed by atoms with E-state index in [2.05, 4.69) is 10.6 Å². The summed E-state index contributed by atoms with van der Waals surface area (Å²) in [6.07, 6.45) is 2.49. The van der Waals surface area contributed by atoms with Crippen molar-refractivity contribution in [1.29, 1.82) is 0 Å². The van der Waals surface area contributed by atoms with E-state index >= 15 is 0 Å². The van der Waals surface area contributed by atoms with Gasteiger partial charge in [-0.3, -0.25) is 19.7 Å². The molecule has 21 heavy (non-hydrogen) atoms. The SMILES string of the molecule is CCCC1(C(=O)O)CCN(C(=O)C2CNC(=O)CN2)CC1. The van der Waals surface area contributed by atoms with Crippen LogP contribution in [-0.4, -0.2) is 60.0 Å². The fraction of sp³-hybridized carbons (Fsp3) is 0.786. The average Bonchev–Trinajstić information content (AvgIpc) is 2.48. The quantitative estimate of drug-likeness (QED) is 0.654. The molecule has 0 aliphatic carbocycles. The number of hydrogen-bond acceptors (Lipinski definition) is 4. The van der Waals surface area contributed by atoms with Gasteiger partial charge in [0.1, 0.15) is 6.04 Å². The molecule has 7 heteroatoms. The lowest BCUT2D eigenvalue weighted by Crippen LogP contribution is -2.60. The zero-order chi connectivity index (χ0) is 15.5. The van der Waals surface area contributed by atoms with E-state index in [0.29, 0.717) is 38.9 Å². The number of carboxylic acid groups (broad SMARTS) is 1. The van der Waals surface area contributed by atoms with Crippen LogP contribution in [0.2, 0.25) is 0 Å². The lowest BCUT2D eigenvalue weighted by atomic mass is 9.75. The number of rotatable bonds is 4. The highest BCUT2D eigenvalue weighted by Crippen LogP contribution is 2.36. The van der Waals surface area contributed by atoms with E-state index in [-0.39, 0.29) is 18.4 Å². The predicted octanol–water partition coefficient (Wildman–Crippen LogP) is -0.432. The van der Waals surface area contributed by atoms with Crippen molar-refractivity contribution in [2.45, 2.75) is 38.6 Å². The van der Waals surface area contributed by atoms with Gasteiger partial charge >= 0.3 is 5.97 Å². The molecule has 2 amide bonds. The number of nitrogens with one attached hydrogen (secondary N) is 2. The first-order valence-corrected chi connectivity index (χ1v) is 7.51. The van der Waals surface area contributed by atoms with Crippen molar-refractivity contribution in [2.24, 2.45) is 5.41 Å². The van der Waals surface area contributed by atoms with Crippen molar-refractivity contribution in [1.82, 2.24) is 15.5 Å². The van der Waals surface area contributed by atoms with Gasteiger partial charge < -0.3 is 15.3 Å². The van der Waals surface area contributed by atoms with Crippen LogP contribution in [0.25, 0.3) is 0 Å². The van der Waals surface area contributed by atoms with Crippen LogP contribution in [0.3, 0.4) is 0 Å². The maximum absolute atomic E-state index is 12.4. The van der Waals surface area contributed by atoms with Crippen LogP contribution < -0.4 is 10.6 Å². The lowest BCUT2D eigenvalue weighted by Gasteiger charge is -2.40. The minimum atomic E-state index is -0.750. The molecular formula is C14H23N3O4. The molecule has 2 heterocycles. The first kappa shape index (κ1) is 15.8. The topological polar surface area (TPSA) is 98.7 Å². The van der Waals surface area contributed by atoms with Crippen molar-refractivity contribution in [3.8, 4) is 0 Å². The third-order valence-corrected chi connectivity index (χ3v) is 4.52. The van der Waals surface area contributed by atoms with Gasteiger partial charge in [-0.25, -0.2) is 0 Å². The average molecular weight is 297 g/mol. The standard InChI is InChI=1S/C14H23N3O4/c1-2-3-14(13(20)21)4-6-17(7-5-14)12(19)10-8-16-11(18)9-15-10/h10,15H,2-9H2,1H3,(H,16,18)(H,20,21). The normalized spacial score (nSPS) is 25.3. The highest BCUT2D eigenvalue weighted by Gasteiger charge is 2.42. The summed E-state index contributed by atoms with van der Waals surface area (Å²) >= 11 is 0. The Kier molecular flexibility index (Phi) is 4.82. The van der Waals surface area contributed by atoms with Crippen molar-refractivity contribution < 1.29 is 19.5 Å². The molecule has 2 rings (SSSR count). The number of piperidine rings is 1. The Morgan fingerprint density at radius 1 is 1.38 bits per heavy atom. The van der Waals surface area contributed by atoms with Crippen LogP contribution in [-0.2, 0) is 14.4 Å². The number of carboxylic acids is 1. The van der Waals surface area contributed by atoms with Gasteiger partial charge in [0.2, 0.25) is 11.8 Å². The summed E-state index contributed by atoms with van der Waals surface area (Å²) < 4.78 is 0. The highest BCUT2D eigenvalue weighted by molar-refractivity contribution is 5.87. The van der Waals surface area contributed by atoms with Crippen molar-refractivity contribution in [3.05, 3.63) is 0 Å². The van der Waals surface area contributed by atoms with E-state index in [0.717, 1.165) is 6.42 Å². The summed E-state index contributed by atoms with van der Waals surface area (Å²) in [6, 6.07) is -0.397. The molecule has 7 nitrogen and oxygen atoms in total. The zero-order valence-corrected chi connectivity index (χ0v) is 12.4. The minimum Gasteiger partial charge on any atom is -0.481 e. The van der Waals surface area contributed by atoms with Crippen LogP contribution in [0.4, 0.5) is 0 Å². The molecule has 0 radical (unpaired) electrons. The van der Waals surface area contributed by atoms with Gasteiger partial charge in [-0.15, -0.1) is 0 Å². The van der Waals surface area contributed by atoms with Gasteiger partial charge in [0.25, 0.3) is 0 Å². The second kappa shape index (κ2) is 6.43. The Labute approximate surface area is 124 Å². The van der Waals surface area contributed by atoms with Gasteiger partial charge in [0.15, 0.2) is 0 Å². The molecule has 3 N–H and O–H groups in total. The van der Waals surface area contributed by atoms with E-state index in [1.165, 1.54) is 0 Å². The predicted molar refractivity (Wildman–Crippen MR) is 75.6 cm³/mol. The number of carbonyl (C=O) groups is 3. The molecule has 0 aromatic heterocycles. The fourth-order valence-corrected chi connectivity index (χ4v) is 3.17. The molecule has 0 spiro atoms. The molecule has 1 atom stereocenters. The van der Waals surface area contributed by atoms with E-state index < -0.39 is 17.4 Å². The maximum atomic E-state index is 12.4. The molecule has 2 saturated heterocycles. The second-order valence-electron chi connectivity index (χ2n) is 5.90. The number of aliphatic carboxylic acids is 1. The first-order chi connectivity index (χ1) is 9.98. The number of amides is 2. The lowest BCUT2D eigenvalue weighted by molar-refractivity contribution is -0.155. The van der Waals surface area contributed by atoms with E-state index in [9.17, 15) is 19.5 Å². The smallest absolute Gasteiger partial charge is 0.309 e. The molecule has 1 unspecified atom stereocenters. The molecule has 0 aromatic carbocycles. The second-order valence-corrected chi connectivity index (χ2v) is 5.90. The minimum absolute atomic E-state index is 0.0505. The summed E-state index contributed by atoms with van der Waals surface area (Å²) in [5, 5.41) is 15.0. The highest BCUT2D eigenvalue weighted by atomic mass is 16.4. The molecule has 0 bridgehead atoms. The molecule has 2 aliphatic rings. The molecule has 2 fully saturated rings. The van der Waals surface area contributed by atoms with Gasteiger partial charge in [0.05, 0.1) is 12.0 Å². The van der Waals surface area contributed by atoms with Crippen LogP contribution in [0.15, 0.2) is 0 Å². The van der Waals surface area contributed by atoms with Gasteiger partial charge in [-0.05, 0) is 19.3 Å².